The number of aromatic nitrogens is 2. The van der Waals surface area contributed by atoms with Gasteiger partial charge in [-0.2, -0.15) is 0 Å². The third-order valence-electron chi connectivity index (χ3n) is 4.08. The van der Waals surface area contributed by atoms with E-state index in [0.717, 1.165) is 19.0 Å². The minimum Gasteiger partial charge on any atom is -0.354 e. The minimum atomic E-state index is 0.192. The Hall–Kier alpha value is -1.65. The highest BCUT2D eigenvalue weighted by molar-refractivity contribution is 5.77. The van der Waals surface area contributed by atoms with Crippen molar-refractivity contribution in [2.75, 3.05) is 18.0 Å². The second kappa shape index (κ2) is 4.79. The van der Waals surface area contributed by atoms with Gasteiger partial charge in [0.15, 0.2) is 0 Å². The number of piperidine rings is 1. The SMILES string of the molecule is CC(C)NC(=O)CC1[C@H]2CN(c3ncccn3)C[C@@H]12. The Balaban J connectivity index is 1.50. The first-order chi connectivity index (χ1) is 9.15. The number of hydrogen-bond acceptors (Lipinski definition) is 4. The molecule has 3 rings (SSSR count). The Labute approximate surface area is 113 Å². The maximum atomic E-state index is 11.7. The molecule has 1 saturated carbocycles. The Kier molecular flexibility index (Phi) is 3.12. The van der Waals surface area contributed by atoms with Gasteiger partial charge in [0, 0.05) is 37.9 Å². The van der Waals surface area contributed by atoms with Gasteiger partial charge in [-0.1, -0.05) is 0 Å². The number of hydrogen-bond donors (Lipinski definition) is 1. The van der Waals surface area contributed by atoms with Crippen LogP contribution in [0.15, 0.2) is 18.5 Å². The van der Waals surface area contributed by atoms with Gasteiger partial charge in [0.1, 0.15) is 0 Å². The molecule has 19 heavy (non-hydrogen) atoms. The molecule has 0 spiro atoms. The number of nitrogens with one attached hydrogen (secondary N) is 1. The highest BCUT2D eigenvalue weighted by atomic mass is 16.1. The minimum absolute atomic E-state index is 0.192. The molecule has 102 valence electrons. The van der Waals surface area contributed by atoms with E-state index in [-0.39, 0.29) is 11.9 Å². The predicted molar refractivity (Wildman–Crippen MR) is 72.6 cm³/mol. The molecule has 2 heterocycles. The van der Waals surface area contributed by atoms with Gasteiger partial charge < -0.3 is 10.2 Å². The number of carbonyl (C=O) groups excluding carboxylic acids is 1. The molecule has 5 nitrogen and oxygen atoms in total. The fourth-order valence-corrected chi connectivity index (χ4v) is 3.16. The summed E-state index contributed by atoms with van der Waals surface area (Å²) >= 11 is 0. The van der Waals surface area contributed by atoms with Crippen LogP contribution in [0.3, 0.4) is 0 Å². The fraction of sp³-hybridized carbons (Fsp3) is 0.643. The number of rotatable bonds is 4. The molecular weight excluding hydrogens is 240 g/mol. The summed E-state index contributed by atoms with van der Waals surface area (Å²) in [4.78, 5) is 22.5. The fourth-order valence-electron chi connectivity index (χ4n) is 3.16. The lowest BCUT2D eigenvalue weighted by Crippen LogP contribution is -2.32. The van der Waals surface area contributed by atoms with E-state index in [0.29, 0.717) is 24.2 Å². The summed E-state index contributed by atoms with van der Waals surface area (Å²) in [5.41, 5.74) is 0. The third kappa shape index (κ3) is 2.55. The zero-order valence-corrected chi connectivity index (χ0v) is 11.4. The molecule has 2 fully saturated rings. The molecule has 1 saturated heterocycles. The van der Waals surface area contributed by atoms with Gasteiger partial charge in [-0.05, 0) is 37.7 Å². The van der Waals surface area contributed by atoms with E-state index in [1.54, 1.807) is 12.4 Å². The van der Waals surface area contributed by atoms with E-state index in [1.807, 2.05) is 19.9 Å². The van der Waals surface area contributed by atoms with Crippen molar-refractivity contribution in [3.8, 4) is 0 Å². The summed E-state index contributed by atoms with van der Waals surface area (Å²) < 4.78 is 0. The van der Waals surface area contributed by atoms with Crippen LogP contribution in [0.25, 0.3) is 0 Å². The molecular formula is C14H20N4O. The van der Waals surface area contributed by atoms with E-state index >= 15 is 0 Å². The Morgan fingerprint density at radius 2 is 2.00 bits per heavy atom. The van der Waals surface area contributed by atoms with E-state index in [9.17, 15) is 4.79 Å². The van der Waals surface area contributed by atoms with Crippen molar-refractivity contribution in [3.05, 3.63) is 18.5 Å². The van der Waals surface area contributed by atoms with Gasteiger partial charge in [0.05, 0.1) is 0 Å². The smallest absolute Gasteiger partial charge is 0.225 e. The molecule has 1 aliphatic carbocycles. The lowest BCUT2D eigenvalue weighted by Gasteiger charge is -2.19. The molecule has 2 aliphatic rings. The molecule has 1 aromatic heterocycles. The summed E-state index contributed by atoms with van der Waals surface area (Å²) in [7, 11) is 0. The van der Waals surface area contributed by atoms with Gasteiger partial charge >= 0.3 is 0 Å². The van der Waals surface area contributed by atoms with Crippen molar-refractivity contribution in [3.63, 3.8) is 0 Å². The first kappa shape index (κ1) is 12.4. The average molecular weight is 260 g/mol. The van der Waals surface area contributed by atoms with Crippen molar-refractivity contribution in [2.45, 2.75) is 26.3 Å². The van der Waals surface area contributed by atoms with Crippen molar-refractivity contribution in [2.24, 2.45) is 17.8 Å². The zero-order valence-electron chi connectivity index (χ0n) is 11.4. The molecule has 1 unspecified atom stereocenters. The average Bonchev–Trinajstić information content (AvgIpc) is 2.84. The largest absolute Gasteiger partial charge is 0.354 e. The molecule has 3 atom stereocenters. The first-order valence-corrected chi connectivity index (χ1v) is 6.96. The zero-order chi connectivity index (χ0) is 13.4. The van der Waals surface area contributed by atoms with Gasteiger partial charge in [0.2, 0.25) is 11.9 Å². The summed E-state index contributed by atoms with van der Waals surface area (Å²) in [6.45, 7) is 5.99. The highest BCUT2D eigenvalue weighted by Gasteiger charge is 2.56. The van der Waals surface area contributed by atoms with Crippen LogP contribution < -0.4 is 10.2 Å². The maximum absolute atomic E-state index is 11.7. The lowest BCUT2D eigenvalue weighted by atomic mass is 10.2. The summed E-state index contributed by atoms with van der Waals surface area (Å²) in [5, 5.41) is 2.97. The molecule has 0 radical (unpaired) electrons. The third-order valence-corrected chi connectivity index (χ3v) is 4.08. The molecule has 1 aromatic rings. The number of carbonyl (C=O) groups is 1. The second-order valence-corrected chi connectivity index (χ2v) is 5.87. The van der Waals surface area contributed by atoms with Gasteiger partial charge in [0.25, 0.3) is 0 Å². The van der Waals surface area contributed by atoms with Crippen LogP contribution >= 0.6 is 0 Å². The molecule has 5 heteroatoms. The summed E-state index contributed by atoms with van der Waals surface area (Å²) in [5.74, 6) is 2.89. The van der Waals surface area contributed by atoms with Crippen molar-refractivity contribution in [1.82, 2.24) is 15.3 Å². The topological polar surface area (TPSA) is 58.1 Å². The highest BCUT2D eigenvalue weighted by Crippen LogP contribution is 2.53. The van der Waals surface area contributed by atoms with Crippen molar-refractivity contribution in [1.29, 1.82) is 0 Å². The quantitative estimate of drug-likeness (QED) is 0.880. The van der Waals surface area contributed by atoms with E-state index in [2.05, 4.69) is 20.2 Å². The Bertz CT molecular complexity index is 450. The lowest BCUT2D eigenvalue weighted by molar-refractivity contribution is -0.122. The maximum Gasteiger partial charge on any atom is 0.225 e. The van der Waals surface area contributed by atoms with Crippen LogP contribution in [0.1, 0.15) is 20.3 Å². The van der Waals surface area contributed by atoms with Crippen LogP contribution in [-0.4, -0.2) is 35.0 Å². The monoisotopic (exact) mass is 260 g/mol. The van der Waals surface area contributed by atoms with Crippen LogP contribution in [0.5, 0.6) is 0 Å². The molecule has 1 aliphatic heterocycles. The Morgan fingerprint density at radius 1 is 1.37 bits per heavy atom. The molecule has 1 N–H and O–H groups in total. The van der Waals surface area contributed by atoms with Crippen LogP contribution in [0.4, 0.5) is 5.95 Å². The number of anilines is 1. The van der Waals surface area contributed by atoms with Crippen LogP contribution in [-0.2, 0) is 4.79 Å². The second-order valence-electron chi connectivity index (χ2n) is 5.87. The first-order valence-electron chi connectivity index (χ1n) is 6.96. The molecule has 0 aromatic carbocycles. The predicted octanol–water partition coefficient (Wildman–Crippen LogP) is 1.07. The van der Waals surface area contributed by atoms with Crippen molar-refractivity contribution < 1.29 is 4.79 Å². The van der Waals surface area contributed by atoms with Crippen molar-refractivity contribution >= 4 is 11.9 Å². The number of nitrogens with zero attached hydrogens (tertiary/aromatic N) is 3. The van der Waals surface area contributed by atoms with E-state index in [4.69, 9.17) is 0 Å². The number of amides is 1. The van der Waals surface area contributed by atoms with Crippen LogP contribution in [0.2, 0.25) is 0 Å². The standard InChI is InChI=1S/C14H20N4O/c1-9(2)17-13(19)6-10-11-7-18(8-12(10)11)14-15-4-3-5-16-14/h3-5,9-12H,6-8H2,1-2H3,(H,17,19)/t10?,11-,12+. The van der Waals surface area contributed by atoms with Gasteiger partial charge in [-0.3, -0.25) is 4.79 Å². The Morgan fingerprint density at radius 3 is 2.58 bits per heavy atom. The normalized spacial score (nSPS) is 28.4. The summed E-state index contributed by atoms with van der Waals surface area (Å²) in [6, 6.07) is 2.07. The molecule has 1 amide bonds. The van der Waals surface area contributed by atoms with E-state index < -0.39 is 0 Å². The van der Waals surface area contributed by atoms with E-state index in [1.165, 1.54) is 0 Å². The number of fused-ring (bicyclic) bond motifs is 1. The van der Waals surface area contributed by atoms with Crippen LogP contribution in [0, 0.1) is 17.8 Å². The van der Waals surface area contributed by atoms with Gasteiger partial charge in [-0.15, -0.1) is 0 Å². The van der Waals surface area contributed by atoms with Gasteiger partial charge in [-0.25, -0.2) is 9.97 Å². The molecule has 0 bridgehead atoms. The summed E-state index contributed by atoms with van der Waals surface area (Å²) in [6.07, 6.45) is 4.23.